The number of hydrogen-bond acceptors (Lipinski definition) is 6. The third-order valence-corrected chi connectivity index (χ3v) is 3.60. The lowest BCUT2D eigenvalue weighted by atomic mass is 9.82. The van der Waals surface area contributed by atoms with Gasteiger partial charge in [-0.25, -0.2) is 0 Å². The van der Waals surface area contributed by atoms with Crippen LogP contribution in [0.4, 0.5) is 0 Å². The number of nitrogens with zero attached hydrogens (tertiary/aromatic N) is 1. The van der Waals surface area contributed by atoms with Crippen molar-refractivity contribution in [2.75, 3.05) is 20.5 Å². The van der Waals surface area contributed by atoms with E-state index < -0.39 is 5.79 Å². The molecule has 1 aliphatic carbocycles. The number of rotatable bonds is 3. The smallest absolute Gasteiger partial charge is 0.163 e. The number of methoxy groups -OCH3 is 1. The summed E-state index contributed by atoms with van der Waals surface area (Å²) < 4.78 is 22.6. The summed E-state index contributed by atoms with van der Waals surface area (Å²) >= 11 is 0. The Balaban J connectivity index is 1.80. The van der Waals surface area contributed by atoms with Crippen molar-refractivity contribution < 1.29 is 23.8 Å². The molecule has 0 spiro atoms. The van der Waals surface area contributed by atoms with Gasteiger partial charge in [-0.1, -0.05) is 5.16 Å². The molecule has 0 radical (unpaired) electrons. The third-order valence-electron chi connectivity index (χ3n) is 3.60. The van der Waals surface area contributed by atoms with E-state index in [1.54, 1.807) is 7.11 Å². The molecule has 0 N–H and O–H groups in total. The molecule has 0 bridgehead atoms. The SMILES string of the molecule is COCO[C@@H]1CC2=NOC[C@@H]2[C@H]2OC(C)(C)O[C@@H]21. The Kier molecular flexibility index (Phi) is 3.05. The monoisotopic (exact) mass is 257 g/mol. The summed E-state index contributed by atoms with van der Waals surface area (Å²) in [4.78, 5) is 5.19. The van der Waals surface area contributed by atoms with E-state index in [2.05, 4.69) is 5.16 Å². The van der Waals surface area contributed by atoms with E-state index in [0.29, 0.717) is 13.0 Å². The zero-order valence-electron chi connectivity index (χ0n) is 10.9. The minimum Gasteiger partial charge on any atom is -0.395 e. The summed E-state index contributed by atoms with van der Waals surface area (Å²) in [6.45, 7) is 4.67. The molecule has 4 atom stereocenters. The van der Waals surface area contributed by atoms with Gasteiger partial charge in [0.15, 0.2) is 5.79 Å². The van der Waals surface area contributed by atoms with Gasteiger partial charge in [-0.2, -0.15) is 0 Å². The normalized spacial score (nSPS) is 40.9. The highest BCUT2D eigenvalue weighted by Gasteiger charge is 2.55. The summed E-state index contributed by atoms with van der Waals surface area (Å²) in [6.07, 6.45) is 0.500. The molecular formula is C12H19NO5. The van der Waals surface area contributed by atoms with Crippen molar-refractivity contribution in [2.45, 2.75) is 44.4 Å². The maximum Gasteiger partial charge on any atom is 0.163 e. The van der Waals surface area contributed by atoms with Crippen molar-refractivity contribution in [1.82, 2.24) is 0 Å². The second-order valence-electron chi connectivity index (χ2n) is 5.37. The van der Waals surface area contributed by atoms with E-state index in [0.717, 1.165) is 5.71 Å². The van der Waals surface area contributed by atoms with E-state index >= 15 is 0 Å². The predicted molar refractivity (Wildman–Crippen MR) is 62.1 cm³/mol. The third kappa shape index (κ3) is 2.03. The van der Waals surface area contributed by atoms with E-state index in [1.165, 1.54) is 0 Å². The fourth-order valence-corrected chi connectivity index (χ4v) is 2.88. The first-order valence-electron chi connectivity index (χ1n) is 6.25. The first kappa shape index (κ1) is 12.3. The fraction of sp³-hybridized carbons (Fsp3) is 0.917. The lowest BCUT2D eigenvalue weighted by molar-refractivity contribution is -0.168. The van der Waals surface area contributed by atoms with Gasteiger partial charge in [0.2, 0.25) is 0 Å². The van der Waals surface area contributed by atoms with Gasteiger partial charge in [-0.05, 0) is 13.8 Å². The lowest BCUT2D eigenvalue weighted by Gasteiger charge is -2.34. The second kappa shape index (κ2) is 4.45. The van der Waals surface area contributed by atoms with Crippen LogP contribution in [0.2, 0.25) is 0 Å². The van der Waals surface area contributed by atoms with Crippen LogP contribution >= 0.6 is 0 Å². The molecule has 2 aliphatic heterocycles. The molecule has 6 heteroatoms. The van der Waals surface area contributed by atoms with Crippen LogP contribution in [0.15, 0.2) is 5.16 Å². The van der Waals surface area contributed by atoms with Crippen molar-refractivity contribution in [3.63, 3.8) is 0 Å². The van der Waals surface area contributed by atoms with Crippen LogP contribution in [0.3, 0.4) is 0 Å². The molecule has 0 aromatic rings. The van der Waals surface area contributed by atoms with Crippen molar-refractivity contribution >= 4 is 5.71 Å². The number of hydrogen-bond donors (Lipinski definition) is 0. The topological polar surface area (TPSA) is 58.5 Å². The molecule has 3 rings (SSSR count). The maximum atomic E-state index is 5.97. The first-order chi connectivity index (χ1) is 8.61. The molecule has 2 heterocycles. The summed E-state index contributed by atoms with van der Waals surface area (Å²) in [7, 11) is 1.61. The average molecular weight is 257 g/mol. The predicted octanol–water partition coefficient (Wildman–Crippen LogP) is 0.902. The molecule has 0 unspecified atom stereocenters. The lowest BCUT2D eigenvalue weighted by Crippen LogP contribution is -2.50. The Labute approximate surface area is 106 Å². The molecule has 102 valence electrons. The summed E-state index contributed by atoms with van der Waals surface area (Å²) in [5, 5.41) is 4.08. The van der Waals surface area contributed by atoms with Gasteiger partial charge in [-0.15, -0.1) is 0 Å². The average Bonchev–Trinajstić information content (AvgIpc) is 2.88. The van der Waals surface area contributed by atoms with Crippen molar-refractivity contribution in [1.29, 1.82) is 0 Å². The number of fused-ring (bicyclic) bond motifs is 3. The Bertz CT molecular complexity index is 356. The van der Waals surface area contributed by atoms with Gasteiger partial charge in [0.25, 0.3) is 0 Å². The second-order valence-corrected chi connectivity index (χ2v) is 5.37. The zero-order valence-corrected chi connectivity index (χ0v) is 10.9. The van der Waals surface area contributed by atoms with E-state index in [9.17, 15) is 0 Å². The Hall–Kier alpha value is -0.690. The van der Waals surface area contributed by atoms with Gasteiger partial charge in [0.1, 0.15) is 25.6 Å². The standard InChI is InChI=1S/C12H19NO5/c1-12(2)17-10-7-5-16-13-8(7)4-9(11(10)18-12)15-6-14-3/h7,9-11H,4-6H2,1-3H3/t7-,9+,10+,11+/m0/s1. The minimum absolute atomic E-state index is 0.0446. The molecule has 0 aromatic heterocycles. The molecule has 6 nitrogen and oxygen atoms in total. The quantitative estimate of drug-likeness (QED) is 0.703. The van der Waals surface area contributed by atoms with Gasteiger partial charge >= 0.3 is 0 Å². The highest BCUT2D eigenvalue weighted by Crippen LogP contribution is 2.41. The molecule has 1 saturated heterocycles. The molecule has 2 fully saturated rings. The van der Waals surface area contributed by atoms with Gasteiger partial charge in [0, 0.05) is 13.5 Å². The van der Waals surface area contributed by atoms with Gasteiger partial charge in [0.05, 0.1) is 17.7 Å². The van der Waals surface area contributed by atoms with Crippen LogP contribution in [0.1, 0.15) is 20.3 Å². The molecule has 0 amide bonds. The van der Waals surface area contributed by atoms with Crippen molar-refractivity contribution in [2.24, 2.45) is 11.1 Å². The number of oxime groups is 1. The maximum absolute atomic E-state index is 5.97. The van der Waals surface area contributed by atoms with E-state index in [1.807, 2.05) is 13.8 Å². The summed E-state index contributed by atoms with van der Waals surface area (Å²) in [5.74, 6) is -0.388. The van der Waals surface area contributed by atoms with Crippen molar-refractivity contribution in [3.8, 4) is 0 Å². The van der Waals surface area contributed by atoms with Crippen molar-refractivity contribution in [3.05, 3.63) is 0 Å². The van der Waals surface area contributed by atoms with Gasteiger partial charge < -0.3 is 23.8 Å². The largest absolute Gasteiger partial charge is 0.395 e. The summed E-state index contributed by atoms with van der Waals surface area (Å²) in [6, 6.07) is 0. The highest BCUT2D eigenvalue weighted by atomic mass is 16.8. The number of ether oxygens (including phenoxy) is 4. The summed E-state index contributed by atoms with van der Waals surface area (Å²) in [5.41, 5.74) is 1.01. The van der Waals surface area contributed by atoms with E-state index in [4.69, 9.17) is 23.8 Å². The van der Waals surface area contributed by atoms with Crippen LogP contribution in [0, 0.1) is 5.92 Å². The molecular weight excluding hydrogens is 238 g/mol. The highest BCUT2D eigenvalue weighted by molar-refractivity contribution is 5.89. The Morgan fingerprint density at radius 2 is 2.11 bits per heavy atom. The Morgan fingerprint density at radius 3 is 2.89 bits per heavy atom. The van der Waals surface area contributed by atoms with Gasteiger partial charge in [-0.3, -0.25) is 0 Å². The molecule has 0 aromatic carbocycles. The molecule has 1 saturated carbocycles. The fourth-order valence-electron chi connectivity index (χ4n) is 2.88. The van der Waals surface area contributed by atoms with Crippen LogP contribution in [0.25, 0.3) is 0 Å². The van der Waals surface area contributed by atoms with Crippen LogP contribution in [-0.4, -0.2) is 50.3 Å². The molecule has 3 aliphatic rings. The van der Waals surface area contributed by atoms with E-state index in [-0.39, 0.29) is 31.0 Å². The minimum atomic E-state index is -0.581. The molecule has 18 heavy (non-hydrogen) atoms. The first-order valence-corrected chi connectivity index (χ1v) is 6.25. The van der Waals surface area contributed by atoms with Crippen LogP contribution < -0.4 is 0 Å². The Morgan fingerprint density at radius 1 is 1.33 bits per heavy atom. The van der Waals surface area contributed by atoms with Crippen LogP contribution in [0.5, 0.6) is 0 Å². The zero-order chi connectivity index (χ0) is 12.8. The van der Waals surface area contributed by atoms with Crippen LogP contribution in [-0.2, 0) is 23.8 Å².